The van der Waals surface area contributed by atoms with Crippen molar-refractivity contribution >= 4 is 11.7 Å². The molecule has 0 aromatic carbocycles. The summed E-state index contributed by atoms with van der Waals surface area (Å²) < 4.78 is 5.37. The van der Waals surface area contributed by atoms with Crippen molar-refractivity contribution in [3.63, 3.8) is 0 Å². The summed E-state index contributed by atoms with van der Waals surface area (Å²) >= 11 is 0. The number of nitrogens with two attached hydrogens (primary N) is 1. The number of amides is 1. The summed E-state index contributed by atoms with van der Waals surface area (Å²) in [6.07, 6.45) is 0.742. The van der Waals surface area contributed by atoms with Crippen LogP contribution in [0.4, 0.5) is 0 Å². The van der Waals surface area contributed by atoms with Gasteiger partial charge in [-0.15, -0.1) is 0 Å². The van der Waals surface area contributed by atoms with Crippen molar-refractivity contribution < 1.29 is 14.7 Å². The van der Waals surface area contributed by atoms with Crippen LogP contribution in [0.15, 0.2) is 5.16 Å². The lowest BCUT2D eigenvalue weighted by atomic mass is 10.0. The van der Waals surface area contributed by atoms with Gasteiger partial charge in [-0.05, 0) is 13.3 Å². The molecule has 98 valence electrons. The zero-order chi connectivity index (χ0) is 13.0. The van der Waals surface area contributed by atoms with Gasteiger partial charge < -0.3 is 20.6 Å². The van der Waals surface area contributed by atoms with Crippen LogP contribution in [0.2, 0.25) is 0 Å². The lowest BCUT2D eigenvalue weighted by molar-refractivity contribution is -0.135. The molecule has 3 unspecified atom stereocenters. The first-order valence-electron chi connectivity index (χ1n) is 5.81. The highest BCUT2D eigenvalue weighted by Crippen LogP contribution is 2.22. The molecule has 0 aliphatic carbocycles. The summed E-state index contributed by atoms with van der Waals surface area (Å²) in [4.78, 5) is 13.7. The van der Waals surface area contributed by atoms with Crippen LogP contribution in [0, 0.1) is 11.8 Å². The van der Waals surface area contributed by atoms with Crippen molar-refractivity contribution in [2.75, 3.05) is 20.2 Å². The SMILES string of the molecule is CC(CN(C)C(=O)C1CCOC1C)C(N)=NO. The van der Waals surface area contributed by atoms with E-state index in [-0.39, 0.29) is 29.7 Å². The smallest absolute Gasteiger partial charge is 0.228 e. The Morgan fingerprint density at radius 2 is 2.35 bits per heavy atom. The maximum absolute atomic E-state index is 12.1. The molecule has 1 aliphatic heterocycles. The number of ether oxygens (including phenoxy) is 1. The van der Waals surface area contributed by atoms with Crippen molar-refractivity contribution in [3.8, 4) is 0 Å². The van der Waals surface area contributed by atoms with Gasteiger partial charge in [-0.1, -0.05) is 12.1 Å². The van der Waals surface area contributed by atoms with E-state index in [0.717, 1.165) is 6.42 Å². The quantitative estimate of drug-likeness (QED) is 0.321. The zero-order valence-corrected chi connectivity index (χ0v) is 10.6. The molecule has 1 rings (SSSR count). The average Bonchev–Trinajstić information content (AvgIpc) is 2.73. The normalized spacial score (nSPS) is 26.9. The lowest BCUT2D eigenvalue weighted by Gasteiger charge is -2.25. The molecule has 17 heavy (non-hydrogen) atoms. The summed E-state index contributed by atoms with van der Waals surface area (Å²) in [5, 5.41) is 11.5. The zero-order valence-electron chi connectivity index (χ0n) is 10.6. The minimum Gasteiger partial charge on any atom is -0.409 e. The van der Waals surface area contributed by atoms with Gasteiger partial charge in [-0.25, -0.2) is 0 Å². The Hall–Kier alpha value is -1.30. The van der Waals surface area contributed by atoms with E-state index in [1.165, 1.54) is 0 Å². The van der Waals surface area contributed by atoms with Gasteiger partial charge >= 0.3 is 0 Å². The first kappa shape index (κ1) is 13.8. The molecule has 1 fully saturated rings. The van der Waals surface area contributed by atoms with E-state index in [4.69, 9.17) is 15.7 Å². The number of oxime groups is 1. The summed E-state index contributed by atoms with van der Waals surface area (Å²) in [6, 6.07) is 0. The molecule has 0 aromatic rings. The molecule has 0 bridgehead atoms. The standard InChI is InChI=1S/C11H21N3O3/c1-7(10(12)13-16)6-14(3)11(15)9-4-5-17-8(9)2/h7-9,16H,4-6H2,1-3H3,(H2,12,13). The molecule has 0 saturated carbocycles. The number of amidine groups is 1. The monoisotopic (exact) mass is 243 g/mol. The van der Waals surface area contributed by atoms with E-state index in [9.17, 15) is 4.79 Å². The number of nitrogens with zero attached hydrogens (tertiary/aromatic N) is 2. The predicted molar refractivity (Wildman–Crippen MR) is 63.7 cm³/mol. The third-order valence-corrected chi connectivity index (χ3v) is 3.24. The van der Waals surface area contributed by atoms with Gasteiger partial charge in [0.1, 0.15) is 5.84 Å². The maximum Gasteiger partial charge on any atom is 0.228 e. The van der Waals surface area contributed by atoms with Gasteiger partial charge in [0.15, 0.2) is 0 Å². The first-order valence-corrected chi connectivity index (χ1v) is 5.81. The molecule has 6 heteroatoms. The fourth-order valence-corrected chi connectivity index (χ4v) is 2.03. The topological polar surface area (TPSA) is 88.2 Å². The number of carbonyl (C=O) groups is 1. The number of hydrogen-bond acceptors (Lipinski definition) is 4. The largest absolute Gasteiger partial charge is 0.409 e. The van der Waals surface area contributed by atoms with Crippen LogP contribution in [0.1, 0.15) is 20.3 Å². The molecule has 6 nitrogen and oxygen atoms in total. The third-order valence-electron chi connectivity index (χ3n) is 3.24. The van der Waals surface area contributed by atoms with E-state index in [0.29, 0.717) is 13.2 Å². The fraction of sp³-hybridized carbons (Fsp3) is 0.818. The van der Waals surface area contributed by atoms with Gasteiger partial charge in [0.2, 0.25) is 5.91 Å². The summed E-state index contributed by atoms with van der Waals surface area (Å²) in [5.41, 5.74) is 5.48. The predicted octanol–water partition coefficient (Wildman–Crippen LogP) is 0.252. The molecule has 0 radical (unpaired) electrons. The van der Waals surface area contributed by atoms with Gasteiger partial charge in [0.25, 0.3) is 0 Å². The van der Waals surface area contributed by atoms with E-state index in [1.54, 1.807) is 11.9 Å². The van der Waals surface area contributed by atoms with Crippen molar-refractivity contribution in [2.24, 2.45) is 22.7 Å². The van der Waals surface area contributed by atoms with Gasteiger partial charge in [-0.2, -0.15) is 0 Å². The lowest BCUT2D eigenvalue weighted by Crippen LogP contribution is -2.40. The van der Waals surface area contributed by atoms with Crippen molar-refractivity contribution in [2.45, 2.75) is 26.4 Å². The first-order chi connectivity index (χ1) is 7.97. The molecular weight excluding hydrogens is 222 g/mol. The maximum atomic E-state index is 12.1. The highest BCUT2D eigenvalue weighted by Gasteiger charge is 2.33. The molecule has 1 heterocycles. The van der Waals surface area contributed by atoms with Gasteiger partial charge in [-0.3, -0.25) is 4.79 Å². The van der Waals surface area contributed by atoms with Crippen LogP contribution in [-0.4, -0.2) is 48.2 Å². The average molecular weight is 243 g/mol. The number of rotatable bonds is 4. The van der Waals surface area contributed by atoms with Crippen molar-refractivity contribution in [1.29, 1.82) is 0 Å². The Morgan fingerprint density at radius 1 is 1.71 bits per heavy atom. The summed E-state index contributed by atoms with van der Waals surface area (Å²) in [5.74, 6) is -0.0287. The molecular formula is C11H21N3O3. The van der Waals surface area contributed by atoms with Crippen LogP contribution in [0.25, 0.3) is 0 Å². The second kappa shape index (κ2) is 5.86. The van der Waals surface area contributed by atoms with E-state index < -0.39 is 0 Å². The number of carbonyl (C=O) groups excluding carboxylic acids is 1. The summed E-state index contributed by atoms with van der Waals surface area (Å²) in [7, 11) is 1.73. The molecule has 1 saturated heterocycles. The van der Waals surface area contributed by atoms with Crippen LogP contribution in [-0.2, 0) is 9.53 Å². The second-order valence-corrected chi connectivity index (χ2v) is 4.62. The van der Waals surface area contributed by atoms with Crippen LogP contribution in [0.5, 0.6) is 0 Å². The Labute approximate surface area is 101 Å². The highest BCUT2D eigenvalue weighted by molar-refractivity contribution is 5.84. The van der Waals surface area contributed by atoms with Crippen LogP contribution in [0.3, 0.4) is 0 Å². The van der Waals surface area contributed by atoms with Gasteiger partial charge in [0, 0.05) is 26.1 Å². The number of hydrogen-bond donors (Lipinski definition) is 2. The van der Waals surface area contributed by atoms with E-state index >= 15 is 0 Å². The molecule has 1 amide bonds. The molecule has 1 aliphatic rings. The Bertz CT molecular complexity index is 306. The van der Waals surface area contributed by atoms with E-state index in [1.807, 2.05) is 13.8 Å². The Kier molecular flexibility index (Phi) is 4.74. The molecule has 0 aromatic heterocycles. The van der Waals surface area contributed by atoms with Crippen LogP contribution < -0.4 is 5.73 Å². The highest BCUT2D eigenvalue weighted by atomic mass is 16.5. The third kappa shape index (κ3) is 3.33. The van der Waals surface area contributed by atoms with Crippen molar-refractivity contribution in [3.05, 3.63) is 0 Å². The van der Waals surface area contributed by atoms with Gasteiger partial charge in [0.05, 0.1) is 12.0 Å². The molecule has 3 atom stereocenters. The molecule has 3 N–H and O–H groups in total. The van der Waals surface area contributed by atoms with E-state index in [2.05, 4.69) is 5.16 Å². The fourth-order valence-electron chi connectivity index (χ4n) is 2.03. The minimum atomic E-state index is -0.161. The minimum absolute atomic E-state index is 0.0240. The Balaban J connectivity index is 2.52. The van der Waals surface area contributed by atoms with Crippen LogP contribution >= 0.6 is 0 Å². The second-order valence-electron chi connectivity index (χ2n) is 4.62. The Morgan fingerprint density at radius 3 is 2.82 bits per heavy atom. The van der Waals surface area contributed by atoms with Crippen molar-refractivity contribution in [1.82, 2.24) is 4.90 Å². The molecule has 0 spiro atoms. The summed E-state index contributed by atoms with van der Waals surface area (Å²) in [6.45, 7) is 4.81.